The monoisotopic (exact) mass is 362 g/mol. The van der Waals surface area contributed by atoms with Gasteiger partial charge in [-0.2, -0.15) is 10.2 Å². The fraction of sp³-hybridized carbons (Fsp3) is 0.0952. The molecule has 2 aromatic rings. The van der Waals surface area contributed by atoms with Crippen molar-refractivity contribution in [1.82, 2.24) is 10.9 Å². The average Bonchev–Trinajstić information content (AvgIpc) is 2.69. The van der Waals surface area contributed by atoms with Crippen LogP contribution < -0.4 is 10.9 Å². The number of allylic oxidation sites excluding steroid dienone is 2. The molecule has 5 heteroatoms. The van der Waals surface area contributed by atoms with Crippen LogP contribution in [0.1, 0.15) is 25.0 Å². The van der Waals surface area contributed by atoms with Crippen LogP contribution in [-0.4, -0.2) is 16.5 Å². The van der Waals surface area contributed by atoms with E-state index < -0.39 is 0 Å². The van der Waals surface area contributed by atoms with Gasteiger partial charge in [-0.15, -0.1) is 0 Å². The SMILES string of the molecule is CC(/C=C\c1ccccc1)=N/NC(=S)N/N=C(C)/C=C\c1ccccc1. The molecule has 0 aromatic heterocycles. The summed E-state index contributed by atoms with van der Waals surface area (Å²) in [6.45, 7) is 3.79. The number of nitrogens with one attached hydrogen (secondary N) is 2. The smallest absolute Gasteiger partial charge is 0.207 e. The fourth-order valence-electron chi connectivity index (χ4n) is 1.94. The first-order valence-electron chi connectivity index (χ1n) is 8.24. The Morgan fingerprint density at radius 3 is 1.50 bits per heavy atom. The maximum absolute atomic E-state index is 5.16. The molecule has 2 N–H and O–H groups in total. The van der Waals surface area contributed by atoms with Gasteiger partial charge in [0.2, 0.25) is 5.11 Å². The molecular formula is C21H22N4S. The summed E-state index contributed by atoms with van der Waals surface area (Å²) < 4.78 is 0. The molecule has 4 nitrogen and oxygen atoms in total. The minimum Gasteiger partial charge on any atom is -0.252 e. The highest BCUT2D eigenvalue weighted by Gasteiger charge is 1.92. The van der Waals surface area contributed by atoms with Crippen LogP contribution in [0.3, 0.4) is 0 Å². The third kappa shape index (κ3) is 7.68. The second kappa shape index (κ2) is 10.7. The van der Waals surface area contributed by atoms with Crippen LogP contribution in [0.15, 0.2) is 83.0 Å². The van der Waals surface area contributed by atoms with Gasteiger partial charge in [0.15, 0.2) is 0 Å². The molecule has 0 fully saturated rings. The molecule has 2 rings (SSSR count). The Morgan fingerprint density at radius 2 is 1.12 bits per heavy atom. The van der Waals surface area contributed by atoms with Crippen LogP contribution in [0.5, 0.6) is 0 Å². The lowest BCUT2D eigenvalue weighted by Gasteiger charge is -2.03. The molecule has 2 aromatic carbocycles. The predicted molar refractivity (Wildman–Crippen MR) is 116 cm³/mol. The van der Waals surface area contributed by atoms with Gasteiger partial charge in [-0.05, 0) is 49.3 Å². The van der Waals surface area contributed by atoms with E-state index in [-0.39, 0.29) is 0 Å². The summed E-state index contributed by atoms with van der Waals surface area (Å²) in [5, 5.41) is 8.74. The molecule has 0 aliphatic rings. The molecule has 0 aliphatic heterocycles. The van der Waals surface area contributed by atoms with Crippen molar-refractivity contribution in [3.63, 3.8) is 0 Å². The van der Waals surface area contributed by atoms with Crippen molar-refractivity contribution in [2.24, 2.45) is 10.2 Å². The minimum absolute atomic E-state index is 0.338. The lowest BCUT2D eigenvalue weighted by molar-refractivity contribution is 0.927. The minimum atomic E-state index is 0.338. The van der Waals surface area contributed by atoms with E-state index in [0.717, 1.165) is 22.6 Å². The summed E-state index contributed by atoms with van der Waals surface area (Å²) >= 11 is 5.16. The number of thiocarbonyl (C=S) groups is 1. The first-order chi connectivity index (χ1) is 12.6. The number of hydrogen-bond acceptors (Lipinski definition) is 3. The van der Waals surface area contributed by atoms with E-state index >= 15 is 0 Å². The molecule has 0 bridgehead atoms. The molecule has 0 amide bonds. The first-order valence-corrected chi connectivity index (χ1v) is 8.65. The number of nitrogens with zero attached hydrogens (tertiary/aromatic N) is 2. The molecule has 0 atom stereocenters. The topological polar surface area (TPSA) is 48.8 Å². The van der Waals surface area contributed by atoms with Gasteiger partial charge < -0.3 is 0 Å². The van der Waals surface area contributed by atoms with Crippen LogP contribution in [0.25, 0.3) is 12.2 Å². The van der Waals surface area contributed by atoms with E-state index in [0.29, 0.717) is 5.11 Å². The van der Waals surface area contributed by atoms with Gasteiger partial charge in [-0.1, -0.05) is 72.8 Å². The van der Waals surface area contributed by atoms with Crippen molar-refractivity contribution in [3.8, 4) is 0 Å². The van der Waals surface area contributed by atoms with Gasteiger partial charge in [-0.25, -0.2) is 0 Å². The van der Waals surface area contributed by atoms with Crippen molar-refractivity contribution in [2.75, 3.05) is 0 Å². The van der Waals surface area contributed by atoms with Gasteiger partial charge >= 0.3 is 0 Å². The van der Waals surface area contributed by atoms with E-state index in [2.05, 4.69) is 21.1 Å². The third-order valence-corrected chi connectivity index (χ3v) is 3.48. The molecule has 0 saturated carbocycles. The van der Waals surface area contributed by atoms with Crippen molar-refractivity contribution >= 4 is 40.9 Å². The Labute approximate surface area is 160 Å². The fourth-order valence-corrected chi connectivity index (χ4v) is 2.03. The van der Waals surface area contributed by atoms with E-state index in [1.165, 1.54) is 0 Å². The summed E-state index contributed by atoms with van der Waals surface area (Å²) in [4.78, 5) is 0. The average molecular weight is 363 g/mol. The van der Waals surface area contributed by atoms with Crippen molar-refractivity contribution < 1.29 is 0 Å². The number of hydrazone groups is 2. The van der Waals surface area contributed by atoms with E-state index in [1.54, 1.807) is 0 Å². The summed E-state index contributed by atoms with van der Waals surface area (Å²) in [5.74, 6) is 0. The molecule has 0 heterocycles. The molecular weight excluding hydrogens is 340 g/mol. The van der Waals surface area contributed by atoms with E-state index in [9.17, 15) is 0 Å². The van der Waals surface area contributed by atoms with Gasteiger partial charge in [0.1, 0.15) is 0 Å². The number of rotatable bonds is 6. The zero-order valence-electron chi connectivity index (χ0n) is 14.9. The van der Waals surface area contributed by atoms with E-state index in [4.69, 9.17) is 12.2 Å². The van der Waals surface area contributed by atoms with Gasteiger partial charge in [-0.3, -0.25) is 10.9 Å². The number of hydrogen-bond donors (Lipinski definition) is 2. The van der Waals surface area contributed by atoms with Crippen molar-refractivity contribution in [2.45, 2.75) is 13.8 Å². The highest BCUT2D eigenvalue weighted by Crippen LogP contribution is 2.01. The molecule has 0 unspecified atom stereocenters. The standard InChI is InChI=1S/C21H22N4S/c1-17(13-15-19-9-5-3-6-10-19)22-24-21(26)25-23-18(2)14-16-20-11-7-4-8-12-20/h3-16H,1-2H3,(H2,24,25,26)/b15-13-,16-14-,22-17-,23-18+. The Hall–Kier alpha value is -3.05. The summed E-state index contributed by atoms with van der Waals surface area (Å²) in [6.07, 6.45) is 7.82. The Bertz CT molecular complexity index is 752. The van der Waals surface area contributed by atoms with Gasteiger partial charge in [0.05, 0.1) is 11.4 Å². The Balaban J connectivity index is 1.80. The van der Waals surface area contributed by atoms with Crippen molar-refractivity contribution in [1.29, 1.82) is 0 Å². The highest BCUT2D eigenvalue weighted by atomic mass is 32.1. The number of benzene rings is 2. The lowest BCUT2D eigenvalue weighted by Crippen LogP contribution is -2.29. The van der Waals surface area contributed by atoms with E-state index in [1.807, 2.05) is 98.8 Å². The summed E-state index contributed by atoms with van der Waals surface area (Å²) in [6, 6.07) is 20.1. The summed E-state index contributed by atoms with van der Waals surface area (Å²) in [5.41, 5.74) is 9.40. The molecule has 0 radical (unpaired) electrons. The second-order valence-corrected chi connectivity index (χ2v) is 5.96. The zero-order valence-corrected chi connectivity index (χ0v) is 15.7. The predicted octanol–water partition coefficient (Wildman–Crippen LogP) is 4.63. The third-order valence-electron chi connectivity index (χ3n) is 3.30. The van der Waals surface area contributed by atoms with Crippen molar-refractivity contribution in [3.05, 3.63) is 83.9 Å². The maximum Gasteiger partial charge on any atom is 0.207 e. The normalized spacial score (nSPS) is 12.5. The maximum atomic E-state index is 5.16. The first kappa shape index (κ1) is 19.3. The highest BCUT2D eigenvalue weighted by molar-refractivity contribution is 7.80. The molecule has 0 aliphatic carbocycles. The zero-order chi connectivity index (χ0) is 18.6. The second-order valence-electron chi connectivity index (χ2n) is 5.55. The van der Waals surface area contributed by atoms with Crippen LogP contribution in [0, 0.1) is 0 Å². The molecule has 26 heavy (non-hydrogen) atoms. The summed E-state index contributed by atoms with van der Waals surface area (Å²) in [7, 11) is 0. The molecule has 0 saturated heterocycles. The largest absolute Gasteiger partial charge is 0.252 e. The van der Waals surface area contributed by atoms with Crippen LogP contribution in [0.4, 0.5) is 0 Å². The van der Waals surface area contributed by atoms with Gasteiger partial charge in [0, 0.05) is 0 Å². The lowest BCUT2D eigenvalue weighted by atomic mass is 10.2. The Morgan fingerprint density at radius 1 is 0.731 bits per heavy atom. The Kier molecular flexibility index (Phi) is 7.96. The molecule has 132 valence electrons. The molecule has 0 spiro atoms. The quantitative estimate of drug-likeness (QED) is 0.447. The van der Waals surface area contributed by atoms with Gasteiger partial charge in [0.25, 0.3) is 0 Å². The van der Waals surface area contributed by atoms with Crippen LogP contribution >= 0.6 is 12.2 Å². The van der Waals surface area contributed by atoms with Crippen LogP contribution in [0.2, 0.25) is 0 Å². The van der Waals surface area contributed by atoms with Crippen LogP contribution in [-0.2, 0) is 0 Å².